The normalized spacial score (nSPS) is 17.2. The van der Waals surface area contributed by atoms with Gasteiger partial charge in [0.05, 0.1) is 50.7 Å². The third-order valence-corrected chi connectivity index (χ3v) is 7.77. The van der Waals surface area contributed by atoms with Gasteiger partial charge in [0, 0.05) is 49.4 Å². The van der Waals surface area contributed by atoms with Crippen LogP contribution in [0.2, 0.25) is 0 Å². The highest BCUT2D eigenvalue weighted by Gasteiger charge is 2.32. The van der Waals surface area contributed by atoms with Gasteiger partial charge in [-0.05, 0) is 38.5 Å². The van der Waals surface area contributed by atoms with Crippen molar-refractivity contribution in [3.8, 4) is 17.2 Å². The molecule has 2 atom stereocenters. The molecule has 0 unspecified atom stereocenters. The SMILES string of the molecule is COc1ccc(CNc2nc3c(OC)cc(F)cc3c3nc([C@H]4C[C@H](F)CN(c5cnn(CC(C)(C)O)c5)C4)nn23)c(OC)c1. The Morgan fingerprint density at radius 3 is 2.58 bits per heavy atom. The lowest BCUT2D eigenvalue weighted by Gasteiger charge is -2.34. The Morgan fingerprint density at radius 1 is 1.04 bits per heavy atom. The quantitative estimate of drug-likeness (QED) is 0.232. The van der Waals surface area contributed by atoms with E-state index in [1.54, 1.807) is 51.2 Å². The van der Waals surface area contributed by atoms with Crippen molar-refractivity contribution in [3.63, 3.8) is 0 Å². The zero-order valence-corrected chi connectivity index (χ0v) is 25.8. The Bertz CT molecular complexity index is 1840. The van der Waals surface area contributed by atoms with Crippen molar-refractivity contribution in [1.82, 2.24) is 29.4 Å². The predicted octanol–water partition coefficient (Wildman–Crippen LogP) is 4.35. The number of aromatic nitrogens is 6. The van der Waals surface area contributed by atoms with Crippen LogP contribution in [0.4, 0.5) is 20.4 Å². The minimum atomic E-state index is -1.14. The van der Waals surface area contributed by atoms with Crippen LogP contribution in [0.3, 0.4) is 0 Å². The average Bonchev–Trinajstić information content (AvgIpc) is 3.66. The zero-order chi connectivity index (χ0) is 31.9. The van der Waals surface area contributed by atoms with Crippen molar-refractivity contribution in [2.24, 2.45) is 0 Å². The van der Waals surface area contributed by atoms with E-state index < -0.39 is 17.6 Å². The Morgan fingerprint density at radius 2 is 1.84 bits per heavy atom. The van der Waals surface area contributed by atoms with Gasteiger partial charge in [-0.1, -0.05) is 0 Å². The molecule has 1 fully saturated rings. The molecule has 0 saturated carbocycles. The molecular formula is C31H36F2N8O4. The highest BCUT2D eigenvalue weighted by Crippen LogP contribution is 2.34. The highest BCUT2D eigenvalue weighted by atomic mass is 19.1. The molecular weight excluding hydrogens is 586 g/mol. The molecule has 0 radical (unpaired) electrons. The van der Waals surface area contributed by atoms with Gasteiger partial charge >= 0.3 is 0 Å². The molecule has 6 rings (SSSR count). The maximum absolute atomic E-state index is 15.2. The number of anilines is 2. The van der Waals surface area contributed by atoms with Crippen molar-refractivity contribution in [2.75, 3.05) is 44.6 Å². The number of fused-ring (bicyclic) bond motifs is 3. The molecule has 0 bridgehead atoms. The Labute approximate surface area is 258 Å². The standard InChI is InChI=1S/C31H36F2N8O4/c1-31(2,42)17-40-16-22(13-35-40)39-14-19(8-21(33)15-39)28-37-29-24-9-20(32)10-26(45-5)27(24)36-30(41(29)38-28)34-12-18-6-7-23(43-3)11-25(18)44-4/h6-7,9-11,13,16,19,21,42H,8,12,14-15,17H2,1-5H3,(H,34,36)/t19-,21-/m0/s1. The largest absolute Gasteiger partial charge is 0.497 e. The topological polar surface area (TPSA) is 124 Å². The first-order valence-electron chi connectivity index (χ1n) is 14.6. The maximum atomic E-state index is 15.2. The molecule has 4 heterocycles. The van der Waals surface area contributed by atoms with E-state index in [0.717, 1.165) is 11.3 Å². The van der Waals surface area contributed by atoms with Crippen LogP contribution in [0.1, 0.15) is 37.6 Å². The summed E-state index contributed by atoms with van der Waals surface area (Å²) in [5, 5.41) is 23.1. The third-order valence-electron chi connectivity index (χ3n) is 7.77. The molecule has 0 amide bonds. The van der Waals surface area contributed by atoms with Gasteiger partial charge in [-0.15, -0.1) is 5.10 Å². The summed E-state index contributed by atoms with van der Waals surface area (Å²) in [7, 11) is 4.62. The van der Waals surface area contributed by atoms with Crippen LogP contribution >= 0.6 is 0 Å². The lowest BCUT2D eigenvalue weighted by atomic mass is 9.96. The summed E-state index contributed by atoms with van der Waals surface area (Å²) in [6, 6.07) is 8.12. The summed E-state index contributed by atoms with van der Waals surface area (Å²) in [5.74, 6) is 1.41. The van der Waals surface area contributed by atoms with Crippen molar-refractivity contribution < 1.29 is 28.1 Å². The first-order chi connectivity index (χ1) is 21.5. The number of hydrogen-bond acceptors (Lipinski definition) is 10. The van der Waals surface area contributed by atoms with E-state index in [0.29, 0.717) is 59.5 Å². The Hall–Kier alpha value is -4.72. The van der Waals surface area contributed by atoms with Gasteiger partial charge in [0.2, 0.25) is 5.95 Å². The van der Waals surface area contributed by atoms with Crippen molar-refractivity contribution in [3.05, 3.63) is 59.9 Å². The van der Waals surface area contributed by atoms with E-state index in [9.17, 15) is 9.50 Å². The average molecular weight is 623 g/mol. The summed E-state index contributed by atoms with van der Waals surface area (Å²) < 4.78 is 49.4. The fourth-order valence-electron chi connectivity index (χ4n) is 5.71. The predicted molar refractivity (Wildman–Crippen MR) is 165 cm³/mol. The number of piperidine rings is 1. The van der Waals surface area contributed by atoms with E-state index in [4.69, 9.17) is 29.3 Å². The molecule has 0 aliphatic carbocycles. The van der Waals surface area contributed by atoms with Crippen LogP contribution in [-0.2, 0) is 13.1 Å². The Kier molecular flexibility index (Phi) is 8.08. The number of alkyl halides is 1. The molecule has 2 N–H and O–H groups in total. The van der Waals surface area contributed by atoms with Gasteiger partial charge in [0.25, 0.3) is 0 Å². The molecule has 1 saturated heterocycles. The molecule has 2 aromatic carbocycles. The van der Waals surface area contributed by atoms with Gasteiger partial charge < -0.3 is 29.5 Å². The van der Waals surface area contributed by atoms with E-state index in [1.807, 2.05) is 17.0 Å². The fourth-order valence-corrected chi connectivity index (χ4v) is 5.71. The number of nitrogens with zero attached hydrogens (tertiary/aromatic N) is 7. The van der Waals surface area contributed by atoms with Crippen LogP contribution < -0.4 is 24.4 Å². The number of nitrogens with one attached hydrogen (secondary N) is 1. The van der Waals surface area contributed by atoms with Crippen molar-refractivity contribution >= 4 is 28.2 Å². The van der Waals surface area contributed by atoms with Gasteiger partial charge in [0.15, 0.2) is 11.5 Å². The number of benzene rings is 2. The second-order valence-electron chi connectivity index (χ2n) is 11.8. The van der Waals surface area contributed by atoms with E-state index in [-0.39, 0.29) is 24.6 Å². The molecule has 5 aromatic rings. The van der Waals surface area contributed by atoms with Gasteiger partial charge in [-0.25, -0.2) is 18.7 Å². The van der Waals surface area contributed by atoms with Gasteiger partial charge in [0.1, 0.15) is 34.8 Å². The number of ether oxygens (including phenoxy) is 3. The van der Waals surface area contributed by atoms with Crippen LogP contribution in [0.5, 0.6) is 17.2 Å². The lowest BCUT2D eigenvalue weighted by Crippen LogP contribution is -2.41. The molecule has 12 nitrogen and oxygen atoms in total. The minimum Gasteiger partial charge on any atom is -0.497 e. The fraction of sp³-hybridized carbons (Fsp3) is 0.419. The molecule has 0 spiro atoms. The van der Waals surface area contributed by atoms with Crippen LogP contribution in [0.15, 0.2) is 42.7 Å². The number of aliphatic hydroxyl groups is 1. The first-order valence-corrected chi connectivity index (χ1v) is 14.6. The number of methoxy groups -OCH3 is 3. The number of halogens is 2. The summed E-state index contributed by atoms with van der Waals surface area (Å²) in [5.41, 5.74) is 1.41. The van der Waals surface area contributed by atoms with Gasteiger partial charge in [-0.3, -0.25) is 4.68 Å². The van der Waals surface area contributed by atoms with E-state index >= 15 is 4.39 Å². The maximum Gasteiger partial charge on any atom is 0.226 e. The lowest BCUT2D eigenvalue weighted by molar-refractivity contribution is 0.0577. The zero-order valence-electron chi connectivity index (χ0n) is 25.8. The summed E-state index contributed by atoms with van der Waals surface area (Å²) in [6.07, 6.45) is 2.55. The molecule has 1 aliphatic rings. The molecule has 14 heteroatoms. The first kappa shape index (κ1) is 30.3. The summed E-state index contributed by atoms with van der Waals surface area (Å²) in [6.45, 7) is 4.67. The second-order valence-corrected chi connectivity index (χ2v) is 11.8. The molecule has 1 aliphatic heterocycles. The third kappa shape index (κ3) is 6.27. The molecule has 3 aromatic heterocycles. The molecule has 238 valence electrons. The van der Waals surface area contributed by atoms with Gasteiger partial charge in [-0.2, -0.15) is 9.61 Å². The molecule has 45 heavy (non-hydrogen) atoms. The smallest absolute Gasteiger partial charge is 0.226 e. The van der Waals surface area contributed by atoms with Crippen LogP contribution in [-0.4, -0.2) is 80.7 Å². The van der Waals surface area contributed by atoms with E-state index in [1.165, 1.54) is 23.8 Å². The number of hydrogen-bond donors (Lipinski definition) is 2. The van der Waals surface area contributed by atoms with E-state index in [2.05, 4.69) is 10.4 Å². The monoisotopic (exact) mass is 622 g/mol. The van der Waals surface area contributed by atoms with Crippen molar-refractivity contribution in [1.29, 1.82) is 0 Å². The van der Waals surface area contributed by atoms with Crippen molar-refractivity contribution in [2.45, 2.75) is 51.0 Å². The van der Waals surface area contributed by atoms with Crippen LogP contribution in [0, 0.1) is 5.82 Å². The van der Waals surface area contributed by atoms with Crippen LogP contribution in [0.25, 0.3) is 16.6 Å². The summed E-state index contributed by atoms with van der Waals surface area (Å²) in [4.78, 5) is 11.5. The number of rotatable bonds is 10. The second kappa shape index (κ2) is 12.0. The summed E-state index contributed by atoms with van der Waals surface area (Å²) >= 11 is 0. The Balaban J connectivity index is 1.37. The highest BCUT2D eigenvalue weighted by molar-refractivity contribution is 5.96. The minimum absolute atomic E-state index is 0.196.